The zero-order chi connectivity index (χ0) is 41.6. The van der Waals surface area contributed by atoms with E-state index in [4.69, 9.17) is 38.0 Å². The fourth-order valence-electron chi connectivity index (χ4n) is 6.12. The van der Waals surface area contributed by atoms with Crippen LogP contribution in [0.3, 0.4) is 0 Å². The normalized spacial score (nSPS) is 33.6. The molecule has 28 nitrogen and oxygen atoms in total. The Morgan fingerprint density at radius 2 is 1.11 bits per heavy atom. The van der Waals surface area contributed by atoms with Gasteiger partial charge in [0.1, 0.15) is 60.8 Å². The Morgan fingerprint density at radius 1 is 0.667 bits per heavy atom. The van der Waals surface area contributed by atoms with Crippen LogP contribution in [0.5, 0.6) is 0 Å². The summed E-state index contributed by atoms with van der Waals surface area (Å²) in [5.74, 6) is -0.232. The largest absolute Gasteiger partial charge is 0.472 e. The Labute approximate surface area is 315 Å². The van der Waals surface area contributed by atoms with Crippen LogP contribution in [0.4, 0.5) is 5.82 Å². The Bertz CT molecular complexity index is 2330. The van der Waals surface area contributed by atoms with E-state index in [9.17, 15) is 68.4 Å². The molecule has 30 heteroatoms. The molecule has 6 rings (SSSR count). The van der Waals surface area contributed by atoms with Crippen LogP contribution < -0.4 is 33.9 Å². The van der Waals surface area contributed by atoms with Crippen LogP contribution in [-0.2, 0) is 41.4 Å². The average molecular weight is 856 g/mol. The number of ether oxygens (including phenoxy) is 3. The summed E-state index contributed by atoms with van der Waals surface area (Å²) < 4.78 is 65.1. The number of H-pyrrole nitrogens is 2. The molecule has 0 saturated carbocycles. The standard InChI is InChI=1S/C27H35N7O21P2/c28-13-1-4-32(25(42)29-13)24-19(41)21(55-56(45,46)49-8-11-16(38)17(39)22(52-11)33-5-2-14(36)30-26(33)43)12(53-24)9-50-57(47,48)54-20-10(7-35)51-23(18(20)40)34-6-3-15(37)31-27(34)44/h1-6,10-12,16-24,35,38-41H,7-9H2,(H,45,46)(H,47,48)(H2,28,29,42)(H,30,36,43)(H,31,37,44)/t10-,11-,12-,16+,17?,18+,19+,20?,21?,22-,23-,24-/m1/s1. The van der Waals surface area contributed by atoms with E-state index in [1.807, 2.05) is 9.97 Å². The number of nitrogen functional groups attached to an aromatic ring is 1. The Hall–Kier alpha value is -4.06. The number of nitrogens with zero attached hydrogens (tertiary/aromatic N) is 4. The number of rotatable bonds is 14. The highest BCUT2D eigenvalue weighted by Crippen LogP contribution is 2.52. The molecule has 0 amide bonds. The molecule has 0 radical (unpaired) electrons. The molecule has 3 aliphatic heterocycles. The highest BCUT2D eigenvalue weighted by Gasteiger charge is 2.53. The van der Waals surface area contributed by atoms with Gasteiger partial charge >= 0.3 is 32.7 Å². The molecule has 3 aliphatic rings. The molecule has 14 atom stereocenters. The summed E-state index contributed by atoms with van der Waals surface area (Å²) in [5, 5.41) is 52.8. The van der Waals surface area contributed by atoms with E-state index in [1.165, 1.54) is 0 Å². The lowest BCUT2D eigenvalue weighted by Crippen LogP contribution is -2.39. The van der Waals surface area contributed by atoms with Gasteiger partial charge in [-0.1, -0.05) is 0 Å². The van der Waals surface area contributed by atoms with Crippen LogP contribution in [0, 0.1) is 0 Å². The van der Waals surface area contributed by atoms with Gasteiger partial charge in [0.2, 0.25) is 0 Å². The van der Waals surface area contributed by atoms with E-state index in [-0.39, 0.29) is 5.82 Å². The van der Waals surface area contributed by atoms with Crippen molar-refractivity contribution in [1.29, 1.82) is 0 Å². The summed E-state index contributed by atoms with van der Waals surface area (Å²) >= 11 is 0. The summed E-state index contributed by atoms with van der Waals surface area (Å²) in [6, 6.07) is 2.97. The maximum Gasteiger partial charge on any atom is 0.472 e. The second-order valence-corrected chi connectivity index (χ2v) is 15.4. The first-order valence-electron chi connectivity index (χ1n) is 16.4. The third-order valence-corrected chi connectivity index (χ3v) is 10.8. The zero-order valence-corrected chi connectivity index (χ0v) is 30.4. The molecule has 0 spiro atoms. The molecule has 3 saturated heterocycles. The Kier molecular flexibility index (Phi) is 12.4. The summed E-state index contributed by atoms with van der Waals surface area (Å²) in [7, 11) is -10.8. The number of hydrogen-bond acceptors (Lipinski definition) is 21. The lowest BCUT2D eigenvalue weighted by atomic mass is 10.1. The molecule has 6 heterocycles. The molecular weight excluding hydrogens is 820 g/mol. The lowest BCUT2D eigenvalue weighted by molar-refractivity contribution is -0.0643. The molecule has 11 N–H and O–H groups in total. The molecule has 5 unspecified atom stereocenters. The van der Waals surface area contributed by atoms with Crippen molar-refractivity contribution in [3.63, 3.8) is 0 Å². The molecule has 0 aliphatic carbocycles. The van der Waals surface area contributed by atoms with Gasteiger partial charge < -0.3 is 55.3 Å². The molecule has 3 aromatic rings. The van der Waals surface area contributed by atoms with Gasteiger partial charge in [-0.15, -0.1) is 0 Å². The molecule has 3 fully saturated rings. The Morgan fingerprint density at radius 3 is 1.61 bits per heavy atom. The summed E-state index contributed by atoms with van der Waals surface area (Å²) in [4.78, 5) is 88.6. The first-order valence-corrected chi connectivity index (χ1v) is 19.4. The number of aliphatic hydroxyl groups excluding tert-OH is 5. The number of aliphatic hydroxyl groups is 5. The molecule has 3 aromatic heterocycles. The molecule has 0 bridgehead atoms. The lowest BCUT2D eigenvalue weighted by Gasteiger charge is -2.25. The predicted octanol–water partition coefficient (Wildman–Crippen LogP) is -5.94. The first kappa shape index (κ1) is 42.5. The number of aromatic amines is 2. The highest BCUT2D eigenvalue weighted by atomic mass is 31.2. The van der Waals surface area contributed by atoms with Crippen molar-refractivity contribution in [2.24, 2.45) is 0 Å². The van der Waals surface area contributed by atoms with Crippen LogP contribution in [0.1, 0.15) is 18.7 Å². The summed E-state index contributed by atoms with van der Waals surface area (Å²) in [6.07, 6.45) is -18.6. The number of phosphoric acid groups is 2. The van der Waals surface area contributed by atoms with Crippen LogP contribution in [0.25, 0.3) is 0 Å². The minimum atomic E-state index is -5.41. The summed E-state index contributed by atoms with van der Waals surface area (Å²) in [5.41, 5.74) is 0.829. The van der Waals surface area contributed by atoms with Gasteiger partial charge in [0.15, 0.2) is 18.7 Å². The minimum Gasteiger partial charge on any atom is -0.394 e. The van der Waals surface area contributed by atoms with Crippen LogP contribution >= 0.6 is 15.6 Å². The van der Waals surface area contributed by atoms with Gasteiger partial charge in [0.05, 0.1) is 19.8 Å². The van der Waals surface area contributed by atoms with E-state index in [1.54, 1.807) is 0 Å². The maximum atomic E-state index is 13.2. The quantitative estimate of drug-likeness (QED) is 0.0675. The molecular formula is C27H35N7O21P2. The number of phosphoric ester groups is 2. The maximum absolute atomic E-state index is 13.2. The van der Waals surface area contributed by atoms with Crippen LogP contribution in [-0.4, -0.2) is 139 Å². The third kappa shape index (κ3) is 9.16. The SMILES string of the molecule is Nc1ccn([C@@H]2O[C@H](COP(=O)(O)OC3[C@@H](CO)O[C@@H](n4ccc(=O)[nH]c4=O)[C@H]3O)C(OP(=O)(O)OC[C@H]3O[C@@H](n4ccc(=O)[nH]c4=O)C(O)[C@H]3O)[C@@H]2O)c(=O)n1. The summed E-state index contributed by atoms with van der Waals surface area (Å²) in [6.45, 7) is -3.05. The van der Waals surface area contributed by atoms with Crippen LogP contribution in [0.15, 0.2) is 60.8 Å². The average Bonchev–Trinajstić information content (AvgIpc) is 3.71. The number of anilines is 1. The fraction of sp³-hybridized carbons (Fsp3) is 0.556. The van der Waals surface area contributed by atoms with Crippen molar-refractivity contribution in [2.75, 3.05) is 25.6 Å². The fourth-order valence-corrected chi connectivity index (χ4v) is 8.04. The second kappa shape index (κ2) is 16.7. The molecule has 0 aromatic carbocycles. The van der Waals surface area contributed by atoms with Crippen molar-refractivity contribution >= 4 is 21.5 Å². The first-order chi connectivity index (χ1) is 26.8. The van der Waals surface area contributed by atoms with E-state index in [0.717, 1.165) is 41.4 Å². The van der Waals surface area contributed by atoms with Gasteiger partial charge in [-0.25, -0.2) is 23.5 Å². The van der Waals surface area contributed by atoms with E-state index < -0.39 is 137 Å². The number of aromatic nitrogens is 6. The smallest absolute Gasteiger partial charge is 0.394 e. The van der Waals surface area contributed by atoms with Crippen molar-refractivity contribution in [3.05, 3.63) is 89.0 Å². The van der Waals surface area contributed by atoms with Gasteiger partial charge in [-0.05, 0) is 6.07 Å². The van der Waals surface area contributed by atoms with Crippen molar-refractivity contribution < 1.29 is 76.8 Å². The minimum absolute atomic E-state index is 0.232. The van der Waals surface area contributed by atoms with Crippen molar-refractivity contribution in [2.45, 2.75) is 73.6 Å². The topological polar surface area (TPSA) is 411 Å². The van der Waals surface area contributed by atoms with Crippen LogP contribution in [0.2, 0.25) is 0 Å². The highest BCUT2D eigenvalue weighted by molar-refractivity contribution is 7.47. The second-order valence-electron chi connectivity index (χ2n) is 12.6. The Balaban J connectivity index is 1.16. The van der Waals surface area contributed by atoms with Gasteiger partial charge in [-0.2, -0.15) is 4.98 Å². The van der Waals surface area contributed by atoms with Gasteiger partial charge in [-0.3, -0.25) is 51.4 Å². The van der Waals surface area contributed by atoms with E-state index in [2.05, 4.69) is 4.98 Å². The monoisotopic (exact) mass is 855 g/mol. The van der Waals surface area contributed by atoms with Gasteiger partial charge in [0.25, 0.3) is 11.1 Å². The predicted molar refractivity (Wildman–Crippen MR) is 180 cm³/mol. The molecule has 57 heavy (non-hydrogen) atoms. The number of nitrogens with one attached hydrogen (secondary N) is 2. The zero-order valence-electron chi connectivity index (χ0n) is 28.6. The van der Waals surface area contributed by atoms with Crippen molar-refractivity contribution in [3.8, 4) is 0 Å². The number of hydrogen-bond donors (Lipinski definition) is 10. The van der Waals surface area contributed by atoms with Crippen molar-refractivity contribution in [1.82, 2.24) is 28.7 Å². The van der Waals surface area contributed by atoms with E-state index >= 15 is 0 Å². The van der Waals surface area contributed by atoms with E-state index in [0.29, 0.717) is 9.13 Å². The third-order valence-electron chi connectivity index (χ3n) is 8.83. The van der Waals surface area contributed by atoms with Gasteiger partial charge in [0, 0.05) is 30.7 Å². The number of nitrogens with two attached hydrogens (primary N) is 1. The molecule has 314 valence electrons.